The van der Waals surface area contributed by atoms with E-state index in [1.807, 2.05) is 0 Å². The lowest BCUT2D eigenvalue weighted by atomic mass is 9.80. The second-order valence-corrected chi connectivity index (χ2v) is 7.52. The van der Waals surface area contributed by atoms with Crippen molar-refractivity contribution in [2.45, 2.75) is 11.8 Å². The number of amides is 1. The molecule has 1 aromatic carbocycles. The lowest BCUT2D eigenvalue weighted by molar-refractivity contribution is 0.0950. The highest BCUT2D eigenvalue weighted by molar-refractivity contribution is 5.97. The third-order valence-corrected chi connectivity index (χ3v) is 5.81. The van der Waals surface area contributed by atoms with E-state index in [1.54, 1.807) is 12.5 Å². The van der Waals surface area contributed by atoms with Gasteiger partial charge in [-0.25, -0.2) is 14.4 Å². The van der Waals surface area contributed by atoms with Gasteiger partial charge < -0.3 is 25.3 Å². The molecule has 0 spiro atoms. The highest BCUT2D eigenvalue weighted by Gasteiger charge is 2.50. The molecule has 146 valence electrons. The van der Waals surface area contributed by atoms with E-state index in [0.717, 1.165) is 24.6 Å². The van der Waals surface area contributed by atoms with Crippen molar-refractivity contribution in [3.63, 3.8) is 0 Å². The summed E-state index contributed by atoms with van der Waals surface area (Å²) in [5.41, 5.74) is 1.87. The minimum Gasteiger partial charge on any atom is -0.380 e. The molecule has 2 aliphatic rings. The van der Waals surface area contributed by atoms with Crippen LogP contribution in [0.4, 0.5) is 4.39 Å². The van der Waals surface area contributed by atoms with E-state index in [0.29, 0.717) is 43.1 Å². The number of H-pyrrole nitrogens is 2. The largest absolute Gasteiger partial charge is 0.380 e. The molecule has 2 aromatic heterocycles. The molecule has 0 saturated carbocycles. The number of fused-ring (bicyclic) bond motifs is 2. The van der Waals surface area contributed by atoms with Gasteiger partial charge in [0.05, 0.1) is 41.6 Å². The summed E-state index contributed by atoms with van der Waals surface area (Å²) in [6.07, 6.45) is 3.87. The number of carbonyl (C=O) groups excluding carboxylic acids is 1. The molecule has 0 unspecified atom stereocenters. The number of carbonyl (C=O) groups is 1. The summed E-state index contributed by atoms with van der Waals surface area (Å²) >= 11 is 0. The maximum absolute atomic E-state index is 14.6. The van der Waals surface area contributed by atoms with Crippen LogP contribution in [0.15, 0.2) is 24.7 Å². The Hall–Kier alpha value is -2.78. The predicted octanol–water partition coefficient (Wildman–Crippen LogP) is 0.885. The fourth-order valence-electron chi connectivity index (χ4n) is 4.19. The number of aromatic nitrogens is 4. The predicted molar refractivity (Wildman–Crippen MR) is 99.5 cm³/mol. The van der Waals surface area contributed by atoms with E-state index < -0.39 is 11.7 Å². The van der Waals surface area contributed by atoms with Gasteiger partial charge in [0.25, 0.3) is 5.91 Å². The highest BCUT2D eigenvalue weighted by atomic mass is 19.1. The van der Waals surface area contributed by atoms with E-state index in [1.165, 1.54) is 12.1 Å². The molecule has 2 atom stereocenters. The molecular formula is C19H21FN6O2. The molecule has 1 amide bonds. The third-order valence-electron chi connectivity index (χ3n) is 5.81. The van der Waals surface area contributed by atoms with Crippen LogP contribution in [0.3, 0.4) is 0 Å². The fourth-order valence-corrected chi connectivity index (χ4v) is 4.19. The fraction of sp³-hybridized carbons (Fsp3) is 0.421. The summed E-state index contributed by atoms with van der Waals surface area (Å²) in [7, 11) is 0. The van der Waals surface area contributed by atoms with E-state index in [4.69, 9.17) is 9.72 Å². The van der Waals surface area contributed by atoms with Crippen LogP contribution >= 0.6 is 0 Å². The van der Waals surface area contributed by atoms with Gasteiger partial charge in [-0.05, 0) is 6.07 Å². The number of imidazole rings is 2. The summed E-state index contributed by atoms with van der Waals surface area (Å²) in [4.78, 5) is 27.3. The zero-order valence-electron chi connectivity index (χ0n) is 15.2. The monoisotopic (exact) mass is 384 g/mol. The van der Waals surface area contributed by atoms with E-state index in [2.05, 4.69) is 25.6 Å². The van der Waals surface area contributed by atoms with Crippen LogP contribution in [0.25, 0.3) is 11.0 Å². The minimum absolute atomic E-state index is 0.00331. The normalized spacial score (nSPS) is 24.0. The molecule has 2 saturated heterocycles. The van der Waals surface area contributed by atoms with Crippen LogP contribution in [0.2, 0.25) is 0 Å². The number of benzene rings is 1. The van der Waals surface area contributed by atoms with Gasteiger partial charge in [-0.3, -0.25) is 4.79 Å². The van der Waals surface area contributed by atoms with Crippen LogP contribution in [0, 0.1) is 11.7 Å². The van der Waals surface area contributed by atoms with Crippen molar-refractivity contribution in [2.75, 3.05) is 32.8 Å². The molecule has 2 fully saturated rings. The molecule has 9 heteroatoms. The Morgan fingerprint density at radius 3 is 3.21 bits per heavy atom. The number of aromatic amines is 2. The number of halogens is 1. The Morgan fingerprint density at radius 2 is 2.36 bits per heavy atom. The summed E-state index contributed by atoms with van der Waals surface area (Å²) in [5, 5.41) is 6.14. The first-order valence-electron chi connectivity index (χ1n) is 9.39. The van der Waals surface area contributed by atoms with Crippen LogP contribution in [-0.4, -0.2) is 58.7 Å². The third kappa shape index (κ3) is 2.78. The van der Waals surface area contributed by atoms with Gasteiger partial charge in [0.1, 0.15) is 11.6 Å². The summed E-state index contributed by atoms with van der Waals surface area (Å²) in [6.45, 7) is 3.34. The first kappa shape index (κ1) is 17.3. The molecule has 0 aliphatic carbocycles. The van der Waals surface area contributed by atoms with Gasteiger partial charge >= 0.3 is 0 Å². The molecule has 8 nitrogen and oxygen atoms in total. The quantitative estimate of drug-likeness (QED) is 0.523. The van der Waals surface area contributed by atoms with Crippen molar-refractivity contribution in [1.82, 2.24) is 30.6 Å². The van der Waals surface area contributed by atoms with Crippen LogP contribution in [0.1, 0.15) is 21.9 Å². The van der Waals surface area contributed by atoms with Crippen molar-refractivity contribution in [1.29, 1.82) is 0 Å². The standard InChI is InChI=1S/C19H21FN6O2/c20-14-4-16-15(3-13(14)17(27)23-2-1-12-6-22-10-24-12)25-18(26-16)19-8-21-5-11(19)7-28-9-19/h3-4,6,10-11,21H,1-2,5,7-9H2,(H,22,24)(H,23,27)(H,25,26)/t11-,19-/m0/s1. The van der Waals surface area contributed by atoms with Crippen molar-refractivity contribution >= 4 is 16.9 Å². The molecular weight excluding hydrogens is 363 g/mol. The van der Waals surface area contributed by atoms with Crippen molar-refractivity contribution < 1.29 is 13.9 Å². The molecule has 3 aromatic rings. The summed E-state index contributed by atoms with van der Waals surface area (Å²) < 4.78 is 20.2. The second-order valence-electron chi connectivity index (χ2n) is 7.52. The van der Waals surface area contributed by atoms with E-state index in [-0.39, 0.29) is 11.0 Å². The molecule has 28 heavy (non-hydrogen) atoms. The Kier molecular flexibility index (Phi) is 4.13. The maximum Gasteiger partial charge on any atom is 0.254 e. The van der Waals surface area contributed by atoms with Gasteiger partial charge in [-0.2, -0.15) is 0 Å². The summed E-state index contributed by atoms with van der Waals surface area (Å²) in [5.74, 6) is 0.128. The summed E-state index contributed by atoms with van der Waals surface area (Å²) in [6, 6.07) is 2.86. The van der Waals surface area contributed by atoms with Crippen LogP contribution in [0.5, 0.6) is 0 Å². The highest BCUT2D eigenvalue weighted by Crippen LogP contribution is 2.39. The topological polar surface area (TPSA) is 108 Å². The van der Waals surface area contributed by atoms with Crippen molar-refractivity contribution in [2.24, 2.45) is 5.92 Å². The molecule has 4 heterocycles. The van der Waals surface area contributed by atoms with Gasteiger partial charge in [0.15, 0.2) is 0 Å². The van der Waals surface area contributed by atoms with Gasteiger partial charge in [-0.1, -0.05) is 0 Å². The van der Waals surface area contributed by atoms with Gasteiger partial charge in [0, 0.05) is 49.9 Å². The lowest BCUT2D eigenvalue weighted by Gasteiger charge is -2.23. The Bertz CT molecular complexity index is 1010. The number of hydrogen-bond acceptors (Lipinski definition) is 5. The molecule has 0 bridgehead atoms. The second kappa shape index (κ2) is 6.68. The molecule has 0 radical (unpaired) electrons. The van der Waals surface area contributed by atoms with E-state index in [9.17, 15) is 9.18 Å². The Labute approximate surface area is 160 Å². The van der Waals surface area contributed by atoms with Crippen LogP contribution in [-0.2, 0) is 16.6 Å². The van der Waals surface area contributed by atoms with E-state index >= 15 is 0 Å². The van der Waals surface area contributed by atoms with Crippen molar-refractivity contribution in [3.8, 4) is 0 Å². The number of rotatable bonds is 5. The van der Waals surface area contributed by atoms with Gasteiger partial charge in [0.2, 0.25) is 0 Å². The number of nitrogens with one attached hydrogen (secondary N) is 4. The molecule has 2 aliphatic heterocycles. The first-order valence-corrected chi connectivity index (χ1v) is 9.39. The lowest BCUT2D eigenvalue weighted by Crippen LogP contribution is -2.35. The minimum atomic E-state index is -0.567. The Morgan fingerprint density at radius 1 is 1.43 bits per heavy atom. The number of ether oxygens (including phenoxy) is 1. The molecule has 5 rings (SSSR count). The first-order chi connectivity index (χ1) is 13.7. The smallest absolute Gasteiger partial charge is 0.254 e. The maximum atomic E-state index is 14.6. The molecule has 4 N–H and O–H groups in total. The average molecular weight is 384 g/mol. The zero-order chi connectivity index (χ0) is 19.1. The van der Waals surface area contributed by atoms with Crippen LogP contribution < -0.4 is 10.6 Å². The zero-order valence-corrected chi connectivity index (χ0v) is 15.2. The average Bonchev–Trinajstić information content (AvgIpc) is 3.43. The Balaban J connectivity index is 1.38. The van der Waals surface area contributed by atoms with Crippen molar-refractivity contribution in [3.05, 3.63) is 47.6 Å². The number of hydrogen-bond donors (Lipinski definition) is 4. The number of nitrogens with zero attached hydrogens (tertiary/aromatic N) is 2. The van der Waals surface area contributed by atoms with Gasteiger partial charge in [-0.15, -0.1) is 0 Å². The SMILES string of the molecule is O=C(NCCc1cnc[nH]1)c1cc2nc([C@]34CNC[C@H]3COC4)[nH]c2cc1F.